The van der Waals surface area contributed by atoms with E-state index in [1.165, 1.54) is 11.8 Å². The van der Waals surface area contributed by atoms with Gasteiger partial charge in [0.2, 0.25) is 0 Å². The summed E-state index contributed by atoms with van der Waals surface area (Å²) in [5, 5.41) is 14.1. The summed E-state index contributed by atoms with van der Waals surface area (Å²) >= 11 is 1.47. The number of aliphatic hydroxyl groups is 1. The molecule has 0 aliphatic carbocycles. The first kappa shape index (κ1) is 19.3. The Morgan fingerprint density at radius 2 is 1.89 bits per heavy atom. The number of benzene rings is 2. The molecule has 2 aromatic carbocycles. The van der Waals surface area contributed by atoms with Crippen molar-refractivity contribution in [3.63, 3.8) is 0 Å². The molecule has 1 aliphatic heterocycles. The summed E-state index contributed by atoms with van der Waals surface area (Å²) < 4.78 is 11.2. The zero-order valence-electron chi connectivity index (χ0n) is 14.4. The van der Waals surface area contributed by atoms with Gasteiger partial charge in [-0.1, -0.05) is 53.3 Å². The molecule has 1 aliphatic rings. The van der Waals surface area contributed by atoms with Gasteiger partial charge >= 0.3 is 5.97 Å². The van der Waals surface area contributed by atoms with Crippen molar-refractivity contribution in [2.45, 2.75) is 35.0 Å². The quantitative estimate of drug-likeness (QED) is 0.352. The van der Waals surface area contributed by atoms with Crippen LogP contribution in [-0.2, 0) is 9.47 Å². The highest BCUT2D eigenvalue weighted by Crippen LogP contribution is 2.34. The largest absolute Gasteiger partial charge is 0.459 e. The molecular weight excluding hydrogens is 366 g/mol. The molecular formula is C19H19N3O4S. The molecule has 0 amide bonds. The molecule has 8 heteroatoms. The molecule has 7 nitrogen and oxygen atoms in total. The average molecular weight is 385 g/mol. The zero-order chi connectivity index (χ0) is 19.1. The summed E-state index contributed by atoms with van der Waals surface area (Å²) in [6.45, 7) is -0.127. The average Bonchev–Trinajstić information content (AvgIpc) is 2.70. The van der Waals surface area contributed by atoms with Crippen LogP contribution in [0.25, 0.3) is 10.4 Å². The standard InChI is InChI=1S/C19H19N3O4S/c20-22-21-15-11-17(27-14-9-5-2-6-10-14)26-16(18(15)23)12-25-19(24)13-7-3-1-4-8-13/h1-10,15-18,23H,11-12H2/t15-,16-,17-,18-/m1/s1. The van der Waals surface area contributed by atoms with Crippen molar-refractivity contribution in [3.05, 3.63) is 76.7 Å². The molecule has 4 atom stereocenters. The Balaban J connectivity index is 1.66. The molecule has 1 N–H and O–H groups in total. The van der Waals surface area contributed by atoms with E-state index < -0.39 is 24.2 Å². The maximum absolute atomic E-state index is 12.1. The number of rotatable bonds is 6. The third-order valence-corrected chi connectivity index (χ3v) is 5.25. The minimum Gasteiger partial charge on any atom is -0.459 e. The first-order valence-corrected chi connectivity index (χ1v) is 9.37. The third kappa shape index (κ3) is 5.24. The number of ether oxygens (including phenoxy) is 2. The van der Waals surface area contributed by atoms with Gasteiger partial charge in [-0.05, 0) is 36.2 Å². The minimum atomic E-state index is -1.04. The minimum absolute atomic E-state index is 0.127. The van der Waals surface area contributed by atoms with Crippen molar-refractivity contribution < 1.29 is 19.4 Å². The van der Waals surface area contributed by atoms with Gasteiger partial charge in [0.25, 0.3) is 0 Å². The van der Waals surface area contributed by atoms with Gasteiger partial charge in [-0.3, -0.25) is 0 Å². The van der Waals surface area contributed by atoms with Gasteiger partial charge in [0.1, 0.15) is 18.1 Å². The van der Waals surface area contributed by atoms with Crippen LogP contribution in [0.1, 0.15) is 16.8 Å². The monoisotopic (exact) mass is 385 g/mol. The van der Waals surface area contributed by atoms with Crippen LogP contribution in [0.3, 0.4) is 0 Å². The lowest BCUT2D eigenvalue weighted by atomic mass is 10.0. The van der Waals surface area contributed by atoms with Crippen LogP contribution in [0.15, 0.2) is 70.7 Å². The number of aliphatic hydroxyl groups excluding tert-OH is 1. The Morgan fingerprint density at radius 3 is 2.56 bits per heavy atom. The van der Waals surface area contributed by atoms with E-state index in [9.17, 15) is 9.90 Å². The van der Waals surface area contributed by atoms with Crippen molar-refractivity contribution in [3.8, 4) is 0 Å². The first-order chi connectivity index (χ1) is 13.2. The zero-order valence-corrected chi connectivity index (χ0v) is 15.2. The van der Waals surface area contributed by atoms with Crippen LogP contribution < -0.4 is 0 Å². The molecule has 140 valence electrons. The molecule has 0 aromatic heterocycles. The fourth-order valence-corrected chi connectivity index (χ4v) is 3.89. The summed E-state index contributed by atoms with van der Waals surface area (Å²) in [6.07, 6.45) is -1.45. The van der Waals surface area contributed by atoms with Gasteiger partial charge in [0.15, 0.2) is 0 Å². The number of esters is 1. The highest BCUT2D eigenvalue weighted by molar-refractivity contribution is 7.99. The van der Waals surface area contributed by atoms with Crippen LogP contribution in [-0.4, -0.2) is 41.4 Å². The summed E-state index contributed by atoms with van der Waals surface area (Å²) in [7, 11) is 0. The number of hydrogen-bond donors (Lipinski definition) is 1. The number of carbonyl (C=O) groups excluding carboxylic acids is 1. The fraction of sp³-hybridized carbons (Fsp3) is 0.316. The maximum atomic E-state index is 12.1. The Bertz CT molecular complexity index is 799. The topological polar surface area (TPSA) is 105 Å². The summed E-state index contributed by atoms with van der Waals surface area (Å²) in [5.74, 6) is -0.496. The molecule has 0 unspecified atom stereocenters. The number of nitrogens with zero attached hydrogens (tertiary/aromatic N) is 3. The van der Waals surface area contributed by atoms with Crippen molar-refractivity contribution in [2.24, 2.45) is 5.11 Å². The third-order valence-electron chi connectivity index (χ3n) is 4.13. The molecule has 0 bridgehead atoms. The van der Waals surface area contributed by atoms with Gasteiger partial charge in [0.05, 0.1) is 17.7 Å². The second-order valence-corrected chi connectivity index (χ2v) is 7.23. The predicted octanol–water partition coefficient (Wildman–Crippen LogP) is 3.79. The van der Waals surface area contributed by atoms with Crippen molar-refractivity contribution in [1.29, 1.82) is 0 Å². The molecule has 1 saturated heterocycles. The van der Waals surface area contributed by atoms with Gasteiger partial charge < -0.3 is 14.6 Å². The van der Waals surface area contributed by atoms with Crippen molar-refractivity contribution >= 4 is 17.7 Å². The summed E-state index contributed by atoms with van der Waals surface area (Å²) in [6, 6.07) is 17.6. The van der Waals surface area contributed by atoms with Gasteiger partial charge in [-0.15, -0.1) is 0 Å². The van der Waals surface area contributed by atoms with E-state index in [0.29, 0.717) is 12.0 Å². The Hall–Kier alpha value is -2.51. The van der Waals surface area contributed by atoms with E-state index in [1.807, 2.05) is 30.3 Å². The van der Waals surface area contributed by atoms with Crippen LogP contribution in [0.2, 0.25) is 0 Å². The highest BCUT2D eigenvalue weighted by Gasteiger charge is 2.38. The van der Waals surface area contributed by atoms with E-state index in [4.69, 9.17) is 15.0 Å². The molecule has 3 rings (SSSR count). The van der Waals surface area contributed by atoms with Crippen molar-refractivity contribution in [2.75, 3.05) is 6.61 Å². The van der Waals surface area contributed by atoms with E-state index in [0.717, 1.165) is 4.90 Å². The maximum Gasteiger partial charge on any atom is 0.338 e. The molecule has 0 radical (unpaired) electrons. The predicted molar refractivity (Wildman–Crippen MR) is 101 cm³/mol. The fourth-order valence-electron chi connectivity index (χ4n) is 2.78. The van der Waals surface area contributed by atoms with Crippen LogP contribution in [0.5, 0.6) is 0 Å². The number of azide groups is 1. The van der Waals surface area contributed by atoms with Crippen LogP contribution >= 0.6 is 11.8 Å². The molecule has 2 aromatic rings. The Kier molecular flexibility index (Phi) is 6.73. The van der Waals surface area contributed by atoms with Crippen LogP contribution in [0.4, 0.5) is 0 Å². The highest BCUT2D eigenvalue weighted by atomic mass is 32.2. The summed E-state index contributed by atoms with van der Waals surface area (Å²) in [5.41, 5.74) is 8.87. The SMILES string of the molecule is [N-]=[N+]=N[C@@H]1C[C@@H](Sc2ccccc2)O[C@H](COC(=O)c2ccccc2)[C@@H]1O. The molecule has 1 fully saturated rings. The number of hydrogen-bond acceptors (Lipinski definition) is 6. The van der Waals surface area contributed by atoms with E-state index >= 15 is 0 Å². The van der Waals surface area contributed by atoms with Gasteiger partial charge in [-0.2, -0.15) is 0 Å². The van der Waals surface area contributed by atoms with E-state index in [1.54, 1.807) is 30.3 Å². The molecule has 0 spiro atoms. The second kappa shape index (κ2) is 9.43. The van der Waals surface area contributed by atoms with E-state index in [2.05, 4.69) is 10.0 Å². The molecule has 27 heavy (non-hydrogen) atoms. The Labute approximate surface area is 160 Å². The number of thioether (sulfide) groups is 1. The smallest absolute Gasteiger partial charge is 0.338 e. The summed E-state index contributed by atoms with van der Waals surface area (Å²) in [4.78, 5) is 15.9. The van der Waals surface area contributed by atoms with Gasteiger partial charge in [0, 0.05) is 9.81 Å². The second-order valence-electron chi connectivity index (χ2n) is 6.00. The lowest BCUT2D eigenvalue weighted by Gasteiger charge is -2.37. The van der Waals surface area contributed by atoms with Gasteiger partial charge in [-0.25, -0.2) is 4.79 Å². The van der Waals surface area contributed by atoms with Crippen molar-refractivity contribution in [1.82, 2.24) is 0 Å². The lowest BCUT2D eigenvalue weighted by Crippen LogP contribution is -2.48. The Morgan fingerprint density at radius 1 is 1.22 bits per heavy atom. The number of carbonyl (C=O) groups is 1. The molecule has 0 saturated carbocycles. The normalized spacial score (nSPS) is 24.6. The molecule has 1 heterocycles. The van der Waals surface area contributed by atoms with E-state index in [-0.39, 0.29) is 12.0 Å². The van der Waals surface area contributed by atoms with Crippen LogP contribution in [0, 0.1) is 0 Å². The first-order valence-electron chi connectivity index (χ1n) is 8.49. The lowest BCUT2D eigenvalue weighted by molar-refractivity contribution is -0.116.